The standard InChI is InChI=1S/C20H21N3O4.C20H19N3O3/c1-23-17-6-4-3-5-15(17)21-18(23)11-13-7-9-14(10-8-13)19(25)22-16(12-24)20(26)27-2;1-23-17-6-4-3-5-15(17)21-18(23)11-13-7-9-14(10-8-13)19-22-16(12-26-19)20(24)25-2/h3-10,16,24H,11-12H2,1-2H3,(H,22,25);3-10,16H,11-12H2,1-2H3. The molecular formula is C40H40N6O7. The van der Waals surface area contributed by atoms with Crippen molar-refractivity contribution >= 4 is 45.8 Å². The predicted octanol–water partition coefficient (Wildman–Crippen LogP) is 3.91. The Morgan fingerprint density at radius 2 is 1.32 bits per heavy atom. The summed E-state index contributed by atoms with van der Waals surface area (Å²) in [5, 5.41) is 11.6. The third-order valence-corrected chi connectivity index (χ3v) is 9.00. The highest BCUT2D eigenvalue weighted by Crippen LogP contribution is 2.20. The van der Waals surface area contributed by atoms with Gasteiger partial charge in [-0.05, 0) is 59.7 Å². The number of esters is 2. The van der Waals surface area contributed by atoms with E-state index in [9.17, 15) is 19.5 Å². The third-order valence-electron chi connectivity index (χ3n) is 9.00. The Kier molecular flexibility index (Phi) is 11.2. The molecule has 0 spiro atoms. The zero-order valence-electron chi connectivity index (χ0n) is 29.9. The number of methoxy groups -OCH3 is 2. The van der Waals surface area contributed by atoms with Crippen LogP contribution in [0.4, 0.5) is 0 Å². The Hall–Kier alpha value is -6.34. The Labute approximate surface area is 305 Å². The summed E-state index contributed by atoms with van der Waals surface area (Å²) in [7, 11) is 6.57. The van der Waals surface area contributed by atoms with Gasteiger partial charge in [0, 0.05) is 38.1 Å². The summed E-state index contributed by atoms with van der Waals surface area (Å²) in [6.07, 6.45) is 1.37. The number of rotatable bonds is 10. The molecule has 0 fully saturated rings. The first kappa shape index (κ1) is 36.5. The summed E-state index contributed by atoms with van der Waals surface area (Å²) >= 11 is 0. The third kappa shape index (κ3) is 8.26. The fraction of sp³-hybridized carbons (Fsp3) is 0.250. The number of fused-ring (bicyclic) bond motifs is 2. The van der Waals surface area contributed by atoms with Crippen LogP contribution in [0.3, 0.4) is 0 Å². The first-order valence-corrected chi connectivity index (χ1v) is 17.0. The average molecular weight is 717 g/mol. The number of aliphatic hydroxyl groups excluding tert-OH is 1. The number of nitrogens with one attached hydrogen (secondary N) is 1. The van der Waals surface area contributed by atoms with Crippen LogP contribution in [0, 0.1) is 0 Å². The first-order valence-electron chi connectivity index (χ1n) is 17.0. The molecule has 0 bridgehead atoms. The molecule has 3 heterocycles. The summed E-state index contributed by atoms with van der Waals surface area (Å²) < 4.78 is 18.9. The van der Waals surface area contributed by atoms with Crippen LogP contribution in [-0.2, 0) is 50.7 Å². The van der Waals surface area contributed by atoms with Gasteiger partial charge in [0.05, 0.1) is 42.9 Å². The maximum Gasteiger partial charge on any atom is 0.334 e. The number of hydrogen-bond donors (Lipinski definition) is 2. The Morgan fingerprint density at radius 3 is 1.81 bits per heavy atom. The van der Waals surface area contributed by atoms with Gasteiger partial charge in [-0.2, -0.15) is 0 Å². The van der Waals surface area contributed by atoms with Crippen LogP contribution in [-0.4, -0.2) is 87.5 Å². The van der Waals surface area contributed by atoms with Gasteiger partial charge < -0.3 is 33.8 Å². The first-order chi connectivity index (χ1) is 25.7. The van der Waals surface area contributed by atoms with Gasteiger partial charge >= 0.3 is 11.9 Å². The van der Waals surface area contributed by atoms with Crippen molar-refractivity contribution in [1.82, 2.24) is 24.4 Å². The minimum atomic E-state index is -1.08. The number of imidazole rings is 2. The van der Waals surface area contributed by atoms with Crippen LogP contribution < -0.4 is 5.32 Å². The number of para-hydroxylation sites is 4. The molecule has 0 radical (unpaired) electrons. The lowest BCUT2D eigenvalue weighted by molar-refractivity contribution is -0.144. The molecule has 0 aliphatic carbocycles. The highest BCUT2D eigenvalue weighted by atomic mass is 16.5. The van der Waals surface area contributed by atoms with Crippen molar-refractivity contribution in [2.45, 2.75) is 24.9 Å². The fourth-order valence-electron chi connectivity index (χ4n) is 5.96. The number of carbonyl (C=O) groups is 3. The van der Waals surface area contributed by atoms with Crippen LogP contribution in [0.2, 0.25) is 0 Å². The molecule has 272 valence electrons. The molecule has 13 heteroatoms. The molecule has 2 atom stereocenters. The molecule has 2 unspecified atom stereocenters. The van der Waals surface area contributed by atoms with Gasteiger partial charge in [-0.1, -0.05) is 48.5 Å². The topological polar surface area (TPSA) is 159 Å². The second kappa shape index (κ2) is 16.3. The van der Waals surface area contributed by atoms with E-state index in [0.29, 0.717) is 17.9 Å². The van der Waals surface area contributed by atoms with E-state index < -0.39 is 30.6 Å². The van der Waals surface area contributed by atoms with E-state index in [-0.39, 0.29) is 12.6 Å². The molecule has 1 aliphatic rings. The maximum absolute atomic E-state index is 12.2. The molecule has 1 amide bonds. The molecule has 0 saturated heterocycles. The minimum Gasteiger partial charge on any atom is -0.475 e. The molecule has 53 heavy (non-hydrogen) atoms. The molecule has 1 aliphatic heterocycles. The molecule has 13 nitrogen and oxygen atoms in total. The second-order valence-electron chi connectivity index (χ2n) is 12.4. The molecular weight excluding hydrogens is 676 g/mol. The van der Waals surface area contributed by atoms with E-state index in [0.717, 1.165) is 56.8 Å². The van der Waals surface area contributed by atoms with E-state index in [1.165, 1.54) is 14.2 Å². The van der Waals surface area contributed by atoms with Crippen molar-refractivity contribution in [2.24, 2.45) is 19.1 Å². The highest BCUT2D eigenvalue weighted by molar-refractivity contribution is 5.98. The number of aryl methyl sites for hydroxylation is 2. The van der Waals surface area contributed by atoms with E-state index in [1.807, 2.05) is 93.0 Å². The largest absolute Gasteiger partial charge is 0.475 e. The zero-order chi connectivity index (χ0) is 37.5. The summed E-state index contributed by atoms with van der Waals surface area (Å²) in [6, 6.07) is 29.4. The molecule has 2 aromatic heterocycles. The predicted molar refractivity (Wildman–Crippen MR) is 199 cm³/mol. The van der Waals surface area contributed by atoms with Crippen LogP contribution in [0.25, 0.3) is 22.1 Å². The van der Waals surface area contributed by atoms with Gasteiger partial charge in [0.15, 0.2) is 12.1 Å². The molecule has 0 saturated carbocycles. The number of ether oxygens (including phenoxy) is 3. The van der Waals surface area contributed by atoms with E-state index in [4.69, 9.17) is 14.5 Å². The molecule has 4 aromatic carbocycles. The highest BCUT2D eigenvalue weighted by Gasteiger charge is 2.27. The number of aliphatic imine (C=N–C) groups is 1. The smallest absolute Gasteiger partial charge is 0.334 e. The van der Waals surface area contributed by atoms with E-state index in [2.05, 4.69) is 35.2 Å². The van der Waals surface area contributed by atoms with Crippen LogP contribution in [0.15, 0.2) is 102 Å². The lowest BCUT2D eigenvalue weighted by Gasteiger charge is -2.14. The van der Waals surface area contributed by atoms with Crippen molar-refractivity contribution in [3.05, 3.63) is 131 Å². The van der Waals surface area contributed by atoms with Gasteiger partial charge in [0.2, 0.25) is 5.90 Å². The number of aliphatic hydroxyl groups is 1. The number of benzene rings is 4. The molecule has 7 rings (SSSR count). The average Bonchev–Trinajstić information content (AvgIpc) is 3.90. The van der Waals surface area contributed by atoms with Crippen LogP contribution >= 0.6 is 0 Å². The van der Waals surface area contributed by atoms with Gasteiger partial charge in [-0.25, -0.2) is 24.5 Å². The lowest BCUT2D eigenvalue weighted by Crippen LogP contribution is -2.44. The number of hydrogen-bond acceptors (Lipinski definition) is 10. The summed E-state index contributed by atoms with van der Waals surface area (Å²) in [5.74, 6) is 0.907. The van der Waals surface area contributed by atoms with Crippen LogP contribution in [0.1, 0.15) is 38.7 Å². The number of nitrogens with zero attached hydrogens (tertiary/aromatic N) is 5. The maximum atomic E-state index is 12.2. The Balaban J connectivity index is 0.000000181. The van der Waals surface area contributed by atoms with Crippen molar-refractivity contribution < 1.29 is 33.7 Å². The van der Waals surface area contributed by atoms with Crippen molar-refractivity contribution in [3.8, 4) is 0 Å². The van der Waals surface area contributed by atoms with Gasteiger partial charge in [0.1, 0.15) is 18.3 Å². The lowest BCUT2D eigenvalue weighted by atomic mass is 10.1. The van der Waals surface area contributed by atoms with Crippen molar-refractivity contribution in [2.75, 3.05) is 27.4 Å². The van der Waals surface area contributed by atoms with Gasteiger partial charge in [-0.15, -0.1) is 0 Å². The van der Waals surface area contributed by atoms with Crippen molar-refractivity contribution in [3.63, 3.8) is 0 Å². The number of amides is 1. The SMILES string of the molecule is COC(=O)C(CO)NC(=O)c1ccc(Cc2nc3ccccc3n2C)cc1.COC(=O)C1COC(c2ccc(Cc3nc4ccccc4n3C)cc2)=N1. The monoisotopic (exact) mass is 716 g/mol. The molecule has 6 aromatic rings. The Morgan fingerprint density at radius 1 is 0.792 bits per heavy atom. The van der Waals surface area contributed by atoms with Crippen LogP contribution in [0.5, 0.6) is 0 Å². The normalized spacial score (nSPS) is 14.1. The number of carbonyl (C=O) groups excluding carboxylic acids is 3. The quantitative estimate of drug-likeness (QED) is 0.201. The van der Waals surface area contributed by atoms with Gasteiger partial charge in [-0.3, -0.25) is 4.79 Å². The molecule has 2 N–H and O–H groups in total. The van der Waals surface area contributed by atoms with Crippen molar-refractivity contribution in [1.29, 1.82) is 0 Å². The summed E-state index contributed by atoms with van der Waals surface area (Å²) in [6.45, 7) is -0.299. The number of aromatic nitrogens is 4. The summed E-state index contributed by atoms with van der Waals surface area (Å²) in [4.78, 5) is 48.9. The fourth-order valence-corrected chi connectivity index (χ4v) is 5.96. The zero-order valence-corrected chi connectivity index (χ0v) is 29.9. The van der Waals surface area contributed by atoms with E-state index >= 15 is 0 Å². The summed E-state index contributed by atoms with van der Waals surface area (Å²) in [5.41, 5.74) is 7.55. The van der Waals surface area contributed by atoms with E-state index in [1.54, 1.807) is 12.1 Å². The minimum absolute atomic E-state index is 0.226. The van der Waals surface area contributed by atoms with Gasteiger partial charge in [0.25, 0.3) is 5.91 Å². The second-order valence-corrected chi connectivity index (χ2v) is 12.4. The Bertz CT molecular complexity index is 2280.